The first-order chi connectivity index (χ1) is 9.41. The number of ether oxygens (including phenoxy) is 1. The Kier molecular flexibility index (Phi) is 6.42. The maximum atomic E-state index is 13.1. The van der Waals surface area contributed by atoms with Crippen LogP contribution in [0, 0.1) is 0 Å². The van der Waals surface area contributed by atoms with Gasteiger partial charge in [-0.2, -0.15) is 13.2 Å². The van der Waals surface area contributed by atoms with E-state index in [0.29, 0.717) is 13.2 Å². The summed E-state index contributed by atoms with van der Waals surface area (Å²) in [5, 5.41) is 3.12. The minimum atomic E-state index is -4.39. The summed E-state index contributed by atoms with van der Waals surface area (Å²) in [4.78, 5) is 3.83. The van der Waals surface area contributed by atoms with Crippen LogP contribution in [0.2, 0.25) is 0 Å². The predicted octanol–water partition coefficient (Wildman–Crippen LogP) is 3.57. The van der Waals surface area contributed by atoms with Crippen LogP contribution < -0.4 is 5.32 Å². The lowest BCUT2D eigenvalue weighted by Crippen LogP contribution is -2.34. The first-order valence-electron chi connectivity index (χ1n) is 6.77. The molecule has 3 nitrogen and oxygen atoms in total. The maximum absolute atomic E-state index is 13.1. The number of halogens is 3. The highest BCUT2D eigenvalue weighted by molar-refractivity contribution is 5.30. The Bertz CT molecular complexity index is 410. The van der Waals surface area contributed by atoms with Crippen LogP contribution >= 0.6 is 0 Å². The van der Waals surface area contributed by atoms with Crippen molar-refractivity contribution in [1.29, 1.82) is 0 Å². The van der Waals surface area contributed by atoms with E-state index in [4.69, 9.17) is 4.74 Å². The van der Waals surface area contributed by atoms with Crippen molar-refractivity contribution in [3.63, 3.8) is 0 Å². The highest BCUT2D eigenvalue weighted by Crippen LogP contribution is 2.35. The van der Waals surface area contributed by atoms with Gasteiger partial charge in [0.25, 0.3) is 0 Å². The Morgan fingerprint density at radius 1 is 1.35 bits per heavy atom. The molecule has 0 radical (unpaired) electrons. The van der Waals surface area contributed by atoms with Crippen LogP contribution in [0.15, 0.2) is 18.5 Å². The molecule has 1 N–H and O–H groups in total. The number of nitrogens with one attached hydrogen (secondary N) is 1. The van der Waals surface area contributed by atoms with Crippen LogP contribution in [0.25, 0.3) is 0 Å². The van der Waals surface area contributed by atoms with Gasteiger partial charge in [0.05, 0.1) is 17.7 Å². The van der Waals surface area contributed by atoms with E-state index < -0.39 is 17.8 Å². The summed E-state index contributed by atoms with van der Waals surface area (Å²) in [5.41, 5.74) is -0.526. The Morgan fingerprint density at radius 3 is 2.60 bits per heavy atom. The number of pyridine rings is 1. The molecule has 0 saturated heterocycles. The fourth-order valence-electron chi connectivity index (χ4n) is 2.10. The van der Waals surface area contributed by atoms with Gasteiger partial charge in [-0.1, -0.05) is 6.92 Å². The number of nitrogens with zero attached hydrogens (tertiary/aromatic N) is 1. The van der Waals surface area contributed by atoms with Crippen LogP contribution in [0.5, 0.6) is 0 Å². The summed E-state index contributed by atoms with van der Waals surface area (Å²) in [6.07, 6.45) is -1.50. The van der Waals surface area contributed by atoms with E-state index in [2.05, 4.69) is 10.3 Å². The minimum absolute atomic E-state index is 0.134. The van der Waals surface area contributed by atoms with E-state index in [-0.39, 0.29) is 11.7 Å². The fourth-order valence-corrected chi connectivity index (χ4v) is 2.10. The molecule has 0 aromatic carbocycles. The van der Waals surface area contributed by atoms with E-state index in [0.717, 1.165) is 18.7 Å². The molecule has 2 unspecified atom stereocenters. The lowest BCUT2D eigenvalue weighted by Gasteiger charge is -2.27. The van der Waals surface area contributed by atoms with Crippen molar-refractivity contribution in [1.82, 2.24) is 10.3 Å². The first kappa shape index (κ1) is 16.9. The van der Waals surface area contributed by atoms with Crippen molar-refractivity contribution in [2.75, 3.05) is 13.2 Å². The first-order valence-corrected chi connectivity index (χ1v) is 6.77. The number of alkyl halides is 3. The molecule has 0 aliphatic rings. The quantitative estimate of drug-likeness (QED) is 0.833. The molecule has 6 heteroatoms. The summed E-state index contributed by atoms with van der Waals surface area (Å²) in [5.74, 6) is 0. The molecule has 0 aliphatic carbocycles. The molecule has 1 rings (SSSR count). The van der Waals surface area contributed by atoms with Crippen LogP contribution in [-0.2, 0) is 10.9 Å². The third-order valence-electron chi connectivity index (χ3n) is 3.01. The highest BCUT2D eigenvalue weighted by Gasteiger charge is 2.36. The summed E-state index contributed by atoms with van der Waals surface area (Å²) in [6, 6.07) is 0.481. The molecule has 0 bridgehead atoms. The summed E-state index contributed by atoms with van der Waals surface area (Å²) >= 11 is 0. The zero-order chi connectivity index (χ0) is 15.2. The molecule has 1 heterocycles. The van der Waals surface area contributed by atoms with Gasteiger partial charge in [0.15, 0.2) is 0 Å². The van der Waals surface area contributed by atoms with Crippen molar-refractivity contribution >= 4 is 0 Å². The lowest BCUT2D eigenvalue weighted by atomic mass is 9.98. The third kappa shape index (κ3) is 4.45. The van der Waals surface area contributed by atoms with E-state index >= 15 is 0 Å². The number of hydrogen-bond acceptors (Lipinski definition) is 3. The van der Waals surface area contributed by atoms with Crippen LogP contribution in [-0.4, -0.2) is 24.2 Å². The Labute approximate surface area is 117 Å². The molecular weight excluding hydrogens is 269 g/mol. The Balaban J connectivity index is 3.12. The molecule has 0 spiro atoms. The monoisotopic (exact) mass is 290 g/mol. The summed E-state index contributed by atoms with van der Waals surface area (Å²) in [6.45, 7) is 6.62. The molecule has 0 fully saturated rings. The zero-order valence-corrected chi connectivity index (χ0v) is 12.0. The SMILES string of the molecule is CCCNC(c1cnccc1C(F)(F)F)C(C)OCC. The van der Waals surface area contributed by atoms with Crippen LogP contribution in [0.3, 0.4) is 0 Å². The van der Waals surface area contributed by atoms with Crippen molar-refractivity contribution in [3.8, 4) is 0 Å². The van der Waals surface area contributed by atoms with Gasteiger partial charge in [-0.15, -0.1) is 0 Å². The van der Waals surface area contributed by atoms with Gasteiger partial charge >= 0.3 is 6.18 Å². The van der Waals surface area contributed by atoms with Gasteiger partial charge in [-0.25, -0.2) is 0 Å². The second kappa shape index (κ2) is 7.59. The molecular formula is C14H21F3N2O. The van der Waals surface area contributed by atoms with Gasteiger partial charge in [0.2, 0.25) is 0 Å². The third-order valence-corrected chi connectivity index (χ3v) is 3.01. The lowest BCUT2D eigenvalue weighted by molar-refractivity contribution is -0.138. The second-order valence-corrected chi connectivity index (χ2v) is 4.55. The van der Waals surface area contributed by atoms with Gasteiger partial charge in [-0.05, 0) is 32.9 Å². The molecule has 1 aromatic heterocycles. The summed E-state index contributed by atoms with van der Waals surface area (Å²) in [7, 11) is 0. The molecule has 2 atom stereocenters. The van der Waals surface area contributed by atoms with Crippen LogP contribution in [0.4, 0.5) is 13.2 Å². The van der Waals surface area contributed by atoms with Gasteiger partial charge in [0, 0.05) is 24.6 Å². The van der Waals surface area contributed by atoms with E-state index in [1.807, 2.05) is 13.8 Å². The smallest absolute Gasteiger partial charge is 0.377 e. The molecule has 20 heavy (non-hydrogen) atoms. The minimum Gasteiger partial charge on any atom is -0.377 e. The number of aromatic nitrogens is 1. The maximum Gasteiger partial charge on any atom is 0.416 e. The van der Waals surface area contributed by atoms with Gasteiger partial charge in [-0.3, -0.25) is 4.98 Å². The zero-order valence-electron chi connectivity index (χ0n) is 12.0. The molecule has 0 saturated carbocycles. The van der Waals surface area contributed by atoms with Crippen LogP contribution in [0.1, 0.15) is 44.4 Å². The average molecular weight is 290 g/mol. The Hall–Kier alpha value is -1.14. The standard InChI is InChI=1S/C14H21F3N2O/c1-4-7-19-13(10(3)20-5-2)11-9-18-8-6-12(11)14(15,16)17/h6,8-10,13,19H,4-5,7H2,1-3H3. The van der Waals surface area contributed by atoms with E-state index in [1.54, 1.807) is 6.92 Å². The van der Waals surface area contributed by atoms with E-state index in [1.165, 1.54) is 6.20 Å². The van der Waals surface area contributed by atoms with Gasteiger partial charge < -0.3 is 10.1 Å². The fraction of sp³-hybridized carbons (Fsp3) is 0.643. The normalized spacial score (nSPS) is 15.1. The van der Waals surface area contributed by atoms with Crippen molar-refractivity contribution in [3.05, 3.63) is 29.6 Å². The Morgan fingerprint density at radius 2 is 2.05 bits per heavy atom. The number of hydrogen-bond donors (Lipinski definition) is 1. The molecule has 0 amide bonds. The second-order valence-electron chi connectivity index (χ2n) is 4.55. The van der Waals surface area contributed by atoms with E-state index in [9.17, 15) is 13.2 Å². The van der Waals surface area contributed by atoms with Gasteiger partial charge in [0.1, 0.15) is 0 Å². The number of rotatable bonds is 7. The van der Waals surface area contributed by atoms with Crippen molar-refractivity contribution in [2.24, 2.45) is 0 Å². The van der Waals surface area contributed by atoms with Crippen molar-refractivity contribution < 1.29 is 17.9 Å². The molecule has 0 aliphatic heterocycles. The molecule has 1 aromatic rings. The largest absolute Gasteiger partial charge is 0.416 e. The predicted molar refractivity (Wildman–Crippen MR) is 71.4 cm³/mol. The summed E-state index contributed by atoms with van der Waals surface area (Å²) < 4.78 is 44.7. The average Bonchev–Trinajstić information content (AvgIpc) is 2.39. The van der Waals surface area contributed by atoms with Crippen molar-refractivity contribution in [2.45, 2.75) is 45.5 Å². The topological polar surface area (TPSA) is 34.2 Å². The molecule has 114 valence electrons. The highest BCUT2D eigenvalue weighted by atomic mass is 19.4.